The third-order valence-electron chi connectivity index (χ3n) is 2.91. The molecule has 20 heavy (non-hydrogen) atoms. The van der Waals surface area contributed by atoms with Gasteiger partial charge in [0.15, 0.2) is 17.0 Å². The number of imidazole rings is 1. The van der Waals surface area contributed by atoms with Crippen LogP contribution < -0.4 is 5.32 Å². The van der Waals surface area contributed by atoms with E-state index in [1.807, 2.05) is 0 Å². The first-order chi connectivity index (χ1) is 9.70. The molecule has 0 atom stereocenters. The average molecular weight is 270 g/mol. The van der Waals surface area contributed by atoms with Crippen molar-refractivity contribution >= 4 is 22.7 Å². The molecule has 0 aliphatic carbocycles. The Balaban J connectivity index is 2.12. The third-order valence-corrected chi connectivity index (χ3v) is 2.91. The molecule has 0 aliphatic rings. The zero-order valence-electron chi connectivity index (χ0n) is 10.5. The quantitative estimate of drug-likeness (QED) is 0.575. The fourth-order valence-electron chi connectivity index (χ4n) is 1.94. The molecule has 3 rings (SSSR count). The summed E-state index contributed by atoms with van der Waals surface area (Å²) < 4.78 is 1.75. The highest BCUT2D eigenvalue weighted by Crippen LogP contribution is 2.21. The Kier molecular flexibility index (Phi) is 2.75. The number of nitrogens with one attached hydrogen (secondary N) is 1. The van der Waals surface area contributed by atoms with E-state index in [0.29, 0.717) is 17.0 Å². The number of anilines is 1. The number of benzene rings is 1. The first-order valence-electron chi connectivity index (χ1n) is 5.81. The Labute approximate surface area is 113 Å². The molecule has 0 aliphatic heterocycles. The van der Waals surface area contributed by atoms with Gasteiger partial charge in [-0.15, -0.1) is 0 Å². The first-order valence-corrected chi connectivity index (χ1v) is 5.81. The lowest BCUT2D eigenvalue weighted by atomic mass is 10.3. The number of rotatable bonds is 3. The molecule has 0 amide bonds. The van der Waals surface area contributed by atoms with Gasteiger partial charge in [-0.2, -0.15) is 0 Å². The van der Waals surface area contributed by atoms with Crippen LogP contribution in [0.5, 0.6) is 0 Å². The summed E-state index contributed by atoms with van der Waals surface area (Å²) in [5.41, 5.74) is 2.08. The van der Waals surface area contributed by atoms with E-state index in [1.54, 1.807) is 30.1 Å². The van der Waals surface area contributed by atoms with Gasteiger partial charge in [-0.05, 0) is 12.1 Å². The lowest BCUT2D eigenvalue weighted by molar-refractivity contribution is -0.384. The van der Waals surface area contributed by atoms with Crippen molar-refractivity contribution in [2.24, 2.45) is 0 Å². The number of non-ortho nitro benzene ring substituents is 1. The number of nitro benzene ring substituents is 1. The third kappa shape index (κ3) is 1.83. The molecule has 0 saturated carbocycles. The summed E-state index contributed by atoms with van der Waals surface area (Å²) >= 11 is 0. The van der Waals surface area contributed by atoms with Gasteiger partial charge in [-0.3, -0.25) is 14.7 Å². The van der Waals surface area contributed by atoms with Gasteiger partial charge in [0.1, 0.15) is 12.7 Å². The molecule has 0 saturated heterocycles. The van der Waals surface area contributed by atoms with Crippen LogP contribution in [0.4, 0.5) is 11.5 Å². The number of nitro groups is 1. The van der Waals surface area contributed by atoms with E-state index in [1.165, 1.54) is 18.5 Å². The highest BCUT2D eigenvalue weighted by Gasteiger charge is 2.11. The maximum Gasteiger partial charge on any atom is 0.269 e. The van der Waals surface area contributed by atoms with Crippen LogP contribution in [0.25, 0.3) is 16.9 Å². The second-order valence-corrected chi connectivity index (χ2v) is 4.03. The molecule has 2 heterocycles. The van der Waals surface area contributed by atoms with E-state index in [2.05, 4.69) is 20.3 Å². The number of nitrogens with zero attached hydrogens (tertiary/aromatic N) is 5. The molecular weight excluding hydrogens is 260 g/mol. The lowest BCUT2D eigenvalue weighted by Gasteiger charge is -2.03. The van der Waals surface area contributed by atoms with Crippen molar-refractivity contribution in [1.82, 2.24) is 19.5 Å². The number of hydrogen-bond donors (Lipinski definition) is 1. The fraction of sp³-hybridized carbons (Fsp3) is 0.0833. The van der Waals surface area contributed by atoms with Crippen molar-refractivity contribution in [1.29, 1.82) is 0 Å². The Morgan fingerprint density at radius 3 is 2.60 bits per heavy atom. The predicted molar refractivity (Wildman–Crippen MR) is 72.9 cm³/mol. The van der Waals surface area contributed by atoms with Crippen LogP contribution >= 0.6 is 0 Å². The topological polar surface area (TPSA) is 98.8 Å². The van der Waals surface area contributed by atoms with E-state index in [0.717, 1.165) is 5.69 Å². The molecule has 0 unspecified atom stereocenters. The second-order valence-electron chi connectivity index (χ2n) is 4.03. The zero-order chi connectivity index (χ0) is 14.1. The van der Waals surface area contributed by atoms with Crippen molar-refractivity contribution in [3.8, 4) is 5.69 Å². The Bertz CT molecular complexity index is 780. The summed E-state index contributed by atoms with van der Waals surface area (Å²) in [7, 11) is 1.76. The molecule has 0 radical (unpaired) electrons. The minimum Gasteiger partial charge on any atom is -0.371 e. The summed E-state index contributed by atoms with van der Waals surface area (Å²) in [6, 6.07) is 6.20. The van der Waals surface area contributed by atoms with Crippen molar-refractivity contribution in [2.75, 3.05) is 12.4 Å². The summed E-state index contributed by atoms with van der Waals surface area (Å²) in [5, 5.41) is 13.6. The van der Waals surface area contributed by atoms with Gasteiger partial charge in [-0.25, -0.2) is 15.0 Å². The SMILES string of the molecule is CNc1ncnc2c1ncn2-c1ccc([N+](=O)[O-])cc1. The highest BCUT2D eigenvalue weighted by molar-refractivity contribution is 5.83. The average Bonchev–Trinajstić information content (AvgIpc) is 2.91. The predicted octanol–water partition coefficient (Wildman–Crippen LogP) is 1.77. The summed E-state index contributed by atoms with van der Waals surface area (Å²) in [6.07, 6.45) is 3.05. The Morgan fingerprint density at radius 2 is 1.95 bits per heavy atom. The molecule has 0 bridgehead atoms. The first kappa shape index (κ1) is 12.0. The molecule has 8 heteroatoms. The monoisotopic (exact) mass is 270 g/mol. The highest BCUT2D eigenvalue weighted by atomic mass is 16.6. The number of fused-ring (bicyclic) bond motifs is 1. The minimum absolute atomic E-state index is 0.0451. The summed E-state index contributed by atoms with van der Waals surface area (Å²) in [4.78, 5) is 22.8. The molecule has 0 fully saturated rings. The van der Waals surface area contributed by atoms with Crippen LogP contribution in [0.2, 0.25) is 0 Å². The molecule has 100 valence electrons. The van der Waals surface area contributed by atoms with Crippen LogP contribution in [0.1, 0.15) is 0 Å². The number of aromatic nitrogens is 4. The molecule has 0 spiro atoms. The van der Waals surface area contributed by atoms with Crippen LogP contribution in [-0.4, -0.2) is 31.5 Å². The van der Waals surface area contributed by atoms with Crippen molar-refractivity contribution in [3.05, 3.63) is 47.0 Å². The van der Waals surface area contributed by atoms with E-state index in [-0.39, 0.29) is 5.69 Å². The van der Waals surface area contributed by atoms with Crippen molar-refractivity contribution in [2.45, 2.75) is 0 Å². The van der Waals surface area contributed by atoms with Crippen LogP contribution in [0, 0.1) is 10.1 Å². The largest absolute Gasteiger partial charge is 0.371 e. The molecule has 1 N–H and O–H groups in total. The normalized spacial score (nSPS) is 10.7. The number of hydrogen-bond acceptors (Lipinski definition) is 6. The smallest absolute Gasteiger partial charge is 0.269 e. The minimum atomic E-state index is -0.433. The molecular formula is C12H10N6O2. The van der Waals surface area contributed by atoms with Gasteiger partial charge in [0.05, 0.1) is 4.92 Å². The Hall–Kier alpha value is -3.03. The van der Waals surface area contributed by atoms with Crippen molar-refractivity contribution in [3.63, 3.8) is 0 Å². The van der Waals surface area contributed by atoms with E-state index in [9.17, 15) is 10.1 Å². The maximum atomic E-state index is 10.7. The second kappa shape index (κ2) is 4.57. The van der Waals surface area contributed by atoms with Gasteiger partial charge in [0.25, 0.3) is 5.69 Å². The van der Waals surface area contributed by atoms with Gasteiger partial charge in [0, 0.05) is 24.9 Å². The van der Waals surface area contributed by atoms with Crippen LogP contribution in [0.15, 0.2) is 36.9 Å². The van der Waals surface area contributed by atoms with Gasteiger partial charge in [-0.1, -0.05) is 0 Å². The van der Waals surface area contributed by atoms with E-state index in [4.69, 9.17) is 0 Å². The van der Waals surface area contributed by atoms with Gasteiger partial charge in [0.2, 0.25) is 0 Å². The molecule has 8 nitrogen and oxygen atoms in total. The van der Waals surface area contributed by atoms with Crippen LogP contribution in [0.3, 0.4) is 0 Å². The van der Waals surface area contributed by atoms with Crippen molar-refractivity contribution < 1.29 is 4.92 Å². The lowest BCUT2D eigenvalue weighted by Crippen LogP contribution is -1.97. The van der Waals surface area contributed by atoms with Gasteiger partial charge < -0.3 is 5.32 Å². The van der Waals surface area contributed by atoms with E-state index < -0.39 is 4.92 Å². The maximum absolute atomic E-state index is 10.7. The van der Waals surface area contributed by atoms with E-state index >= 15 is 0 Å². The fourth-order valence-corrected chi connectivity index (χ4v) is 1.94. The molecule has 2 aromatic heterocycles. The zero-order valence-corrected chi connectivity index (χ0v) is 10.5. The van der Waals surface area contributed by atoms with Gasteiger partial charge >= 0.3 is 0 Å². The van der Waals surface area contributed by atoms with Crippen LogP contribution in [-0.2, 0) is 0 Å². The standard InChI is InChI=1S/C12H10N6O2/c1-13-11-10-12(15-6-14-11)17(7-16-10)8-2-4-9(5-3-8)18(19)20/h2-7H,1H3,(H,13,14,15). The molecule has 3 aromatic rings. The molecule has 1 aromatic carbocycles. The Morgan fingerprint density at radius 1 is 1.20 bits per heavy atom. The summed E-state index contributed by atoms with van der Waals surface area (Å²) in [6.45, 7) is 0. The summed E-state index contributed by atoms with van der Waals surface area (Å²) in [5.74, 6) is 0.635.